The minimum Gasteiger partial charge on any atom is -0.461 e. The van der Waals surface area contributed by atoms with Crippen LogP contribution in [0.4, 0.5) is 6.01 Å². The number of ether oxygens (including phenoxy) is 1. The molecule has 0 unspecified atom stereocenters. The first-order chi connectivity index (χ1) is 9.15. The first kappa shape index (κ1) is 15.5. The third kappa shape index (κ3) is 4.26. The predicted octanol–water partition coefficient (Wildman–Crippen LogP) is 3.11. The maximum atomic E-state index is 11.5. The highest BCUT2D eigenvalue weighted by molar-refractivity contribution is 5.87. The van der Waals surface area contributed by atoms with E-state index in [0.717, 1.165) is 25.9 Å². The van der Waals surface area contributed by atoms with Crippen molar-refractivity contribution in [2.24, 2.45) is 5.92 Å². The number of oxazole rings is 1. The summed E-state index contributed by atoms with van der Waals surface area (Å²) in [4.78, 5) is 17.8. The number of rotatable bonds is 8. The molecule has 0 fully saturated rings. The van der Waals surface area contributed by atoms with E-state index in [1.165, 1.54) is 6.26 Å². The number of nitrogens with zero attached hydrogens (tertiary/aromatic N) is 2. The van der Waals surface area contributed by atoms with Crippen LogP contribution in [0.15, 0.2) is 10.7 Å². The Morgan fingerprint density at radius 3 is 2.58 bits per heavy atom. The van der Waals surface area contributed by atoms with Gasteiger partial charge in [-0.15, -0.1) is 0 Å². The summed E-state index contributed by atoms with van der Waals surface area (Å²) in [7, 11) is 0. The van der Waals surface area contributed by atoms with Gasteiger partial charge in [0.15, 0.2) is 5.69 Å². The highest BCUT2D eigenvalue weighted by Gasteiger charge is 2.18. The molecule has 0 aliphatic carbocycles. The van der Waals surface area contributed by atoms with Gasteiger partial charge in [-0.2, -0.15) is 4.98 Å². The van der Waals surface area contributed by atoms with Gasteiger partial charge >= 0.3 is 5.97 Å². The Bertz CT molecular complexity index is 386. The Morgan fingerprint density at radius 2 is 2.05 bits per heavy atom. The summed E-state index contributed by atoms with van der Waals surface area (Å²) in [5, 5.41) is 0. The van der Waals surface area contributed by atoms with Crippen LogP contribution in [0.1, 0.15) is 51.0 Å². The van der Waals surface area contributed by atoms with Crippen molar-refractivity contribution in [3.05, 3.63) is 12.0 Å². The summed E-state index contributed by atoms with van der Waals surface area (Å²) >= 11 is 0. The van der Waals surface area contributed by atoms with E-state index in [9.17, 15) is 4.79 Å². The molecular weight excluding hydrogens is 244 g/mol. The molecule has 0 N–H and O–H groups in total. The molecule has 1 aromatic heterocycles. The van der Waals surface area contributed by atoms with E-state index in [1.54, 1.807) is 6.92 Å². The molecule has 5 nitrogen and oxygen atoms in total. The molecule has 0 amide bonds. The summed E-state index contributed by atoms with van der Waals surface area (Å²) in [6.07, 6.45) is 3.61. The maximum absolute atomic E-state index is 11.5. The van der Waals surface area contributed by atoms with Gasteiger partial charge in [-0.25, -0.2) is 4.79 Å². The predicted molar refractivity (Wildman–Crippen MR) is 74.4 cm³/mol. The van der Waals surface area contributed by atoms with Gasteiger partial charge in [0.25, 0.3) is 6.01 Å². The number of esters is 1. The van der Waals surface area contributed by atoms with Crippen LogP contribution >= 0.6 is 0 Å². The monoisotopic (exact) mass is 268 g/mol. The quantitative estimate of drug-likeness (QED) is 0.678. The molecule has 0 atom stereocenters. The van der Waals surface area contributed by atoms with E-state index in [0.29, 0.717) is 18.5 Å². The smallest absolute Gasteiger partial charge is 0.360 e. The molecule has 108 valence electrons. The lowest BCUT2D eigenvalue weighted by molar-refractivity contribution is 0.0519. The highest BCUT2D eigenvalue weighted by Crippen LogP contribution is 2.18. The van der Waals surface area contributed by atoms with Crippen LogP contribution in [0.3, 0.4) is 0 Å². The standard InChI is InChI=1S/C14H24N2O3/c1-5-11(6-2)9-16(7-3)14-15-12(10-19-14)13(17)18-8-4/h10-11H,5-9H2,1-4H3. The van der Waals surface area contributed by atoms with Gasteiger partial charge in [-0.05, 0) is 19.8 Å². The minimum absolute atomic E-state index is 0.236. The third-order valence-electron chi connectivity index (χ3n) is 3.26. The molecule has 0 aromatic carbocycles. The Balaban J connectivity index is 2.74. The van der Waals surface area contributed by atoms with Crippen molar-refractivity contribution in [1.29, 1.82) is 0 Å². The topological polar surface area (TPSA) is 55.6 Å². The number of anilines is 1. The van der Waals surface area contributed by atoms with Crippen molar-refractivity contribution in [2.75, 3.05) is 24.6 Å². The lowest BCUT2D eigenvalue weighted by Crippen LogP contribution is -2.29. The average Bonchev–Trinajstić information content (AvgIpc) is 2.90. The second-order valence-electron chi connectivity index (χ2n) is 4.46. The molecule has 0 radical (unpaired) electrons. The van der Waals surface area contributed by atoms with E-state index in [1.807, 2.05) is 0 Å². The van der Waals surface area contributed by atoms with E-state index in [4.69, 9.17) is 9.15 Å². The van der Waals surface area contributed by atoms with Crippen LogP contribution in [-0.2, 0) is 4.74 Å². The maximum Gasteiger partial charge on any atom is 0.360 e. The Labute approximate surface area is 114 Å². The fourth-order valence-corrected chi connectivity index (χ4v) is 1.91. The summed E-state index contributed by atoms with van der Waals surface area (Å²) in [6.45, 7) is 10.2. The first-order valence-electron chi connectivity index (χ1n) is 7.03. The normalized spacial score (nSPS) is 10.8. The first-order valence-corrected chi connectivity index (χ1v) is 7.03. The largest absolute Gasteiger partial charge is 0.461 e. The lowest BCUT2D eigenvalue weighted by Gasteiger charge is -2.23. The van der Waals surface area contributed by atoms with Gasteiger partial charge in [0.1, 0.15) is 6.26 Å². The Hall–Kier alpha value is -1.52. The van der Waals surface area contributed by atoms with Crippen LogP contribution < -0.4 is 4.90 Å². The second kappa shape index (κ2) is 7.81. The number of hydrogen-bond donors (Lipinski definition) is 0. The number of hydrogen-bond acceptors (Lipinski definition) is 5. The van der Waals surface area contributed by atoms with E-state index in [2.05, 4.69) is 30.7 Å². The van der Waals surface area contributed by atoms with Gasteiger partial charge in [0.2, 0.25) is 0 Å². The van der Waals surface area contributed by atoms with Crippen molar-refractivity contribution in [3.63, 3.8) is 0 Å². The minimum atomic E-state index is -0.434. The van der Waals surface area contributed by atoms with E-state index >= 15 is 0 Å². The molecule has 0 bridgehead atoms. The van der Waals surface area contributed by atoms with Crippen LogP contribution in [0.2, 0.25) is 0 Å². The molecule has 0 spiro atoms. The average molecular weight is 268 g/mol. The van der Waals surface area contributed by atoms with Gasteiger partial charge in [-0.1, -0.05) is 26.7 Å². The lowest BCUT2D eigenvalue weighted by atomic mass is 10.0. The van der Waals surface area contributed by atoms with Gasteiger partial charge < -0.3 is 14.1 Å². The molecule has 0 aliphatic rings. The van der Waals surface area contributed by atoms with E-state index < -0.39 is 5.97 Å². The van der Waals surface area contributed by atoms with Crippen LogP contribution in [-0.4, -0.2) is 30.6 Å². The highest BCUT2D eigenvalue weighted by atomic mass is 16.5. The molecule has 0 aliphatic heterocycles. The van der Waals surface area contributed by atoms with Crippen LogP contribution in [0.25, 0.3) is 0 Å². The molecule has 5 heteroatoms. The van der Waals surface area contributed by atoms with Crippen molar-refractivity contribution >= 4 is 12.0 Å². The molecule has 1 heterocycles. The van der Waals surface area contributed by atoms with Crippen molar-refractivity contribution in [3.8, 4) is 0 Å². The zero-order valence-electron chi connectivity index (χ0n) is 12.3. The van der Waals surface area contributed by atoms with Crippen molar-refractivity contribution in [2.45, 2.75) is 40.5 Å². The van der Waals surface area contributed by atoms with Crippen LogP contribution in [0, 0.1) is 5.92 Å². The zero-order chi connectivity index (χ0) is 14.3. The molecular formula is C14H24N2O3. The zero-order valence-corrected chi connectivity index (χ0v) is 12.3. The summed E-state index contributed by atoms with van der Waals surface area (Å²) < 4.78 is 10.3. The third-order valence-corrected chi connectivity index (χ3v) is 3.26. The van der Waals surface area contributed by atoms with Crippen LogP contribution in [0.5, 0.6) is 0 Å². The summed E-state index contributed by atoms with van der Waals surface area (Å²) in [5.41, 5.74) is 0.236. The molecule has 1 aromatic rings. The van der Waals surface area contributed by atoms with E-state index in [-0.39, 0.29) is 5.69 Å². The second-order valence-corrected chi connectivity index (χ2v) is 4.46. The molecule has 1 rings (SSSR count). The summed E-state index contributed by atoms with van der Waals surface area (Å²) in [5.74, 6) is 0.175. The number of carbonyl (C=O) groups is 1. The SMILES string of the molecule is CCOC(=O)c1coc(N(CC)CC(CC)CC)n1. The molecule has 0 saturated carbocycles. The van der Waals surface area contributed by atoms with Crippen molar-refractivity contribution in [1.82, 2.24) is 4.98 Å². The summed E-state index contributed by atoms with van der Waals surface area (Å²) in [6, 6.07) is 0.498. The van der Waals surface area contributed by atoms with Crippen molar-refractivity contribution < 1.29 is 13.9 Å². The van der Waals surface area contributed by atoms with Gasteiger partial charge in [0.05, 0.1) is 6.61 Å². The Morgan fingerprint density at radius 1 is 1.37 bits per heavy atom. The Kier molecular flexibility index (Phi) is 6.39. The van der Waals surface area contributed by atoms with Gasteiger partial charge in [0, 0.05) is 13.1 Å². The fraction of sp³-hybridized carbons (Fsp3) is 0.714. The van der Waals surface area contributed by atoms with Gasteiger partial charge in [-0.3, -0.25) is 0 Å². The molecule has 19 heavy (non-hydrogen) atoms. The number of carbonyl (C=O) groups excluding carboxylic acids is 1. The molecule has 0 saturated heterocycles. The fourth-order valence-electron chi connectivity index (χ4n) is 1.91. The number of aromatic nitrogens is 1.